The molecule has 1 atom stereocenters. The van der Waals surface area contributed by atoms with Gasteiger partial charge in [0.2, 0.25) is 0 Å². The number of likely N-dealkylation sites (N-methyl/N-ethyl adjacent to an activating group) is 1. The molecule has 0 bridgehead atoms. The van der Waals surface area contributed by atoms with Crippen LogP contribution in [0.3, 0.4) is 0 Å². The predicted octanol–water partition coefficient (Wildman–Crippen LogP) is 2.42. The van der Waals surface area contributed by atoms with Crippen LogP contribution in [0.5, 0.6) is 0 Å². The van der Waals surface area contributed by atoms with Crippen LogP contribution in [0.4, 0.5) is 11.4 Å². The Hall–Kier alpha value is -2.90. The molecule has 0 aromatic heterocycles. The lowest BCUT2D eigenvalue weighted by atomic mass is 10.0. The lowest BCUT2D eigenvalue weighted by molar-refractivity contribution is -0.136. The minimum Gasteiger partial charge on any atom is -0.379 e. The summed E-state index contributed by atoms with van der Waals surface area (Å²) in [5, 5.41) is 5.56. The van der Waals surface area contributed by atoms with Gasteiger partial charge in [-0.25, -0.2) is 0 Å². The van der Waals surface area contributed by atoms with E-state index in [9.17, 15) is 9.59 Å². The molecule has 32 heavy (non-hydrogen) atoms. The van der Waals surface area contributed by atoms with Crippen molar-refractivity contribution >= 4 is 23.2 Å². The number of fused-ring (bicyclic) bond motifs is 1. The summed E-state index contributed by atoms with van der Waals surface area (Å²) in [5.74, 6) is -1.27. The van der Waals surface area contributed by atoms with Crippen molar-refractivity contribution in [1.82, 2.24) is 10.2 Å². The molecule has 2 aliphatic heterocycles. The zero-order valence-corrected chi connectivity index (χ0v) is 19.1. The van der Waals surface area contributed by atoms with Crippen LogP contribution in [-0.4, -0.2) is 63.2 Å². The van der Waals surface area contributed by atoms with Crippen molar-refractivity contribution in [2.24, 2.45) is 0 Å². The average Bonchev–Trinajstić information content (AvgIpc) is 3.17. The van der Waals surface area contributed by atoms with Crippen LogP contribution < -0.4 is 15.5 Å². The first-order valence-electron chi connectivity index (χ1n) is 11.2. The molecule has 0 radical (unpaired) electrons. The summed E-state index contributed by atoms with van der Waals surface area (Å²) in [6.07, 6.45) is 1.03. The Kier molecular flexibility index (Phi) is 6.77. The summed E-state index contributed by atoms with van der Waals surface area (Å²) < 4.78 is 5.52. The molecule has 4 rings (SSSR count). The molecule has 2 aliphatic rings. The molecular weight excluding hydrogens is 404 g/mol. The average molecular weight is 437 g/mol. The summed E-state index contributed by atoms with van der Waals surface area (Å²) >= 11 is 0. The zero-order chi connectivity index (χ0) is 22.7. The molecule has 0 aliphatic carbocycles. The number of carbonyl (C=O) groups is 2. The molecule has 7 nitrogen and oxygen atoms in total. The van der Waals surface area contributed by atoms with Gasteiger partial charge in [0, 0.05) is 44.6 Å². The van der Waals surface area contributed by atoms with Gasteiger partial charge in [0.1, 0.15) is 0 Å². The first-order valence-corrected chi connectivity index (χ1v) is 11.2. The lowest BCUT2D eigenvalue weighted by Gasteiger charge is -2.35. The molecule has 1 fully saturated rings. The van der Waals surface area contributed by atoms with Crippen molar-refractivity contribution in [1.29, 1.82) is 0 Å². The normalized spacial score (nSPS) is 17.0. The van der Waals surface area contributed by atoms with E-state index in [1.165, 1.54) is 11.3 Å². The van der Waals surface area contributed by atoms with Crippen LogP contribution in [0.1, 0.15) is 28.3 Å². The number of ether oxygens (including phenoxy) is 1. The topological polar surface area (TPSA) is 73.9 Å². The minimum absolute atomic E-state index is 0.00604. The van der Waals surface area contributed by atoms with E-state index >= 15 is 0 Å². The van der Waals surface area contributed by atoms with Gasteiger partial charge < -0.3 is 20.3 Å². The number of aryl methyl sites for hydroxylation is 2. The molecule has 2 aromatic carbocycles. The van der Waals surface area contributed by atoms with Gasteiger partial charge >= 0.3 is 11.8 Å². The van der Waals surface area contributed by atoms with E-state index in [0.29, 0.717) is 25.4 Å². The first kappa shape index (κ1) is 22.3. The maximum atomic E-state index is 12.6. The molecule has 2 heterocycles. The highest BCUT2D eigenvalue weighted by molar-refractivity contribution is 6.39. The molecular formula is C25H32N4O3. The predicted molar refractivity (Wildman–Crippen MR) is 126 cm³/mol. The van der Waals surface area contributed by atoms with Crippen LogP contribution >= 0.6 is 0 Å². The van der Waals surface area contributed by atoms with E-state index in [4.69, 9.17) is 4.74 Å². The third-order valence-electron chi connectivity index (χ3n) is 6.53. The number of carbonyl (C=O) groups excluding carboxylic acids is 2. The van der Waals surface area contributed by atoms with Gasteiger partial charge in [0.15, 0.2) is 0 Å². The number of nitrogens with one attached hydrogen (secondary N) is 2. The first-order chi connectivity index (χ1) is 15.4. The molecule has 0 saturated carbocycles. The van der Waals surface area contributed by atoms with Crippen LogP contribution in [0, 0.1) is 13.8 Å². The van der Waals surface area contributed by atoms with E-state index < -0.39 is 11.8 Å². The summed E-state index contributed by atoms with van der Waals surface area (Å²) in [6.45, 7) is 8.32. The van der Waals surface area contributed by atoms with Crippen LogP contribution in [0.2, 0.25) is 0 Å². The van der Waals surface area contributed by atoms with E-state index in [2.05, 4.69) is 45.7 Å². The smallest absolute Gasteiger partial charge is 0.313 e. The van der Waals surface area contributed by atoms with Gasteiger partial charge in [-0.15, -0.1) is 0 Å². The quantitative estimate of drug-likeness (QED) is 0.705. The second-order valence-electron chi connectivity index (χ2n) is 8.69. The Morgan fingerprint density at radius 3 is 2.53 bits per heavy atom. The number of nitrogens with zero attached hydrogens (tertiary/aromatic N) is 2. The van der Waals surface area contributed by atoms with Crippen LogP contribution in [0.25, 0.3) is 0 Å². The molecule has 7 heteroatoms. The van der Waals surface area contributed by atoms with Gasteiger partial charge in [0.25, 0.3) is 0 Å². The summed E-state index contributed by atoms with van der Waals surface area (Å²) in [4.78, 5) is 29.6. The van der Waals surface area contributed by atoms with Gasteiger partial charge in [-0.3, -0.25) is 14.5 Å². The number of hydrogen-bond acceptors (Lipinski definition) is 5. The van der Waals surface area contributed by atoms with Gasteiger partial charge in [0.05, 0.1) is 19.3 Å². The third-order valence-corrected chi connectivity index (χ3v) is 6.53. The van der Waals surface area contributed by atoms with E-state index in [0.717, 1.165) is 42.7 Å². The van der Waals surface area contributed by atoms with Gasteiger partial charge in [-0.1, -0.05) is 18.2 Å². The van der Waals surface area contributed by atoms with E-state index in [1.54, 1.807) is 0 Å². The highest BCUT2D eigenvalue weighted by Crippen LogP contribution is 2.31. The Bertz CT molecular complexity index is 1000. The highest BCUT2D eigenvalue weighted by Gasteiger charge is 2.26. The molecule has 170 valence electrons. The fourth-order valence-corrected chi connectivity index (χ4v) is 4.42. The Labute approximate surface area is 189 Å². The Morgan fingerprint density at radius 2 is 1.78 bits per heavy atom. The molecule has 2 amide bonds. The summed E-state index contributed by atoms with van der Waals surface area (Å²) in [6, 6.07) is 12.2. The molecule has 0 spiro atoms. The summed E-state index contributed by atoms with van der Waals surface area (Å²) in [5.41, 5.74) is 6.60. The highest BCUT2D eigenvalue weighted by atomic mass is 16.5. The molecule has 1 saturated heterocycles. The number of rotatable bonds is 5. The lowest BCUT2D eigenvalue weighted by Crippen LogP contribution is -2.45. The second kappa shape index (κ2) is 9.71. The Morgan fingerprint density at radius 1 is 1.00 bits per heavy atom. The van der Waals surface area contributed by atoms with Crippen molar-refractivity contribution < 1.29 is 14.3 Å². The number of anilines is 2. The number of amides is 2. The van der Waals surface area contributed by atoms with Crippen molar-refractivity contribution in [3.05, 3.63) is 58.7 Å². The van der Waals surface area contributed by atoms with Crippen molar-refractivity contribution in [3.63, 3.8) is 0 Å². The fourth-order valence-electron chi connectivity index (χ4n) is 4.42. The third kappa shape index (κ3) is 4.95. The van der Waals surface area contributed by atoms with Gasteiger partial charge in [-0.05, 0) is 60.7 Å². The van der Waals surface area contributed by atoms with Crippen LogP contribution in [-0.2, 0) is 20.7 Å². The fraction of sp³-hybridized carbons (Fsp3) is 0.440. The molecule has 2 N–H and O–H groups in total. The number of benzene rings is 2. The maximum absolute atomic E-state index is 12.6. The van der Waals surface area contributed by atoms with Crippen molar-refractivity contribution in [3.8, 4) is 0 Å². The minimum atomic E-state index is -0.649. The van der Waals surface area contributed by atoms with Crippen LogP contribution in [0.15, 0.2) is 36.4 Å². The van der Waals surface area contributed by atoms with E-state index in [-0.39, 0.29) is 6.04 Å². The molecule has 2 aromatic rings. The monoisotopic (exact) mass is 436 g/mol. The largest absolute Gasteiger partial charge is 0.379 e. The zero-order valence-electron chi connectivity index (χ0n) is 19.1. The van der Waals surface area contributed by atoms with Crippen molar-refractivity contribution in [2.75, 3.05) is 56.7 Å². The summed E-state index contributed by atoms with van der Waals surface area (Å²) in [7, 11) is 2.11. The standard InChI is InChI=1S/C25H32N4O3/c1-17-4-6-21(14-18(17)2)27-25(31)24(30)26-16-23(29-10-12-32-13-11-29)19-5-7-22-20(15-19)8-9-28(22)3/h4-7,14-15,23H,8-13,16H2,1-3H3,(H,26,30)(H,27,31). The second-order valence-corrected chi connectivity index (χ2v) is 8.69. The SMILES string of the molecule is Cc1ccc(NC(=O)C(=O)NCC(c2ccc3c(c2)CCN3C)N2CCOCC2)cc1C. The number of morpholine rings is 1. The Balaban J connectivity index is 1.44. The van der Waals surface area contributed by atoms with E-state index in [1.807, 2.05) is 32.0 Å². The maximum Gasteiger partial charge on any atom is 0.313 e. The van der Waals surface area contributed by atoms with Gasteiger partial charge in [-0.2, -0.15) is 0 Å². The van der Waals surface area contributed by atoms with Crippen molar-refractivity contribution in [2.45, 2.75) is 26.3 Å². The molecule has 1 unspecified atom stereocenters. The number of hydrogen-bond donors (Lipinski definition) is 2.